The van der Waals surface area contributed by atoms with Crippen LogP contribution in [0.25, 0.3) is 0 Å². The quantitative estimate of drug-likeness (QED) is 0.282. The molecule has 3 rings (SSSR count). The van der Waals surface area contributed by atoms with Gasteiger partial charge in [-0.1, -0.05) is 45.6 Å². The highest BCUT2D eigenvalue weighted by molar-refractivity contribution is 5.83. The van der Waals surface area contributed by atoms with Crippen LogP contribution >= 0.6 is 0 Å². The van der Waals surface area contributed by atoms with Crippen molar-refractivity contribution < 1.29 is 33.7 Å². The Morgan fingerprint density at radius 2 is 1.70 bits per heavy atom. The van der Waals surface area contributed by atoms with Crippen LogP contribution in [-0.2, 0) is 31.0 Å². The van der Waals surface area contributed by atoms with Crippen molar-refractivity contribution in [2.75, 3.05) is 0 Å². The van der Waals surface area contributed by atoms with Gasteiger partial charge in [0.1, 0.15) is 23.0 Å². The molecule has 7 nitrogen and oxygen atoms in total. The lowest BCUT2D eigenvalue weighted by molar-refractivity contribution is -0.139. The summed E-state index contributed by atoms with van der Waals surface area (Å²) in [5.41, 5.74) is 2.36. The van der Waals surface area contributed by atoms with Gasteiger partial charge in [-0.05, 0) is 78.3 Å². The number of phenolic OH excluding ortho intramolecular Hbond substituents is 1. The molecule has 37 heavy (non-hydrogen) atoms. The number of carbonyl (C=O) groups is 3. The van der Waals surface area contributed by atoms with Crippen LogP contribution in [0, 0.1) is 12.8 Å². The second-order valence-electron chi connectivity index (χ2n) is 9.86. The van der Waals surface area contributed by atoms with Crippen molar-refractivity contribution in [1.29, 1.82) is 0 Å². The number of ether oxygens (including phenoxy) is 3. The summed E-state index contributed by atoms with van der Waals surface area (Å²) in [5, 5.41) is 10.4. The monoisotopic (exact) mass is 504 g/mol. The van der Waals surface area contributed by atoms with Gasteiger partial charge in [0.25, 0.3) is 0 Å². The molecule has 2 aromatic rings. The van der Waals surface area contributed by atoms with E-state index in [1.54, 1.807) is 18.2 Å². The van der Waals surface area contributed by atoms with E-state index in [-0.39, 0.29) is 23.6 Å². The van der Waals surface area contributed by atoms with E-state index in [0.29, 0.717) is 30.1 Å². The summed E-state index contributed by atoms with van der Waals surface area (Å²) >= 11 is 0. The number of allylic oxidation sites excluding steroid dienone is 2. The topological polar surface area (TPSA) is 99.1 Å². The maximum Gasteiger partial charge on any atom is 0.335 e. The maximum atomic E-state index is 12.5. The number of phenols is 1. The van der Waals surface area contributed by atoms with E-state index < -0.39 is 17.9 Å². The van der Waals surface area contributed by atoms with Crippen molar-refractivity contribution in [3.8, 4) is 17.2 Å². The van der Waals surface area contributed by atoms with Gasteiger partial charge in [0, 0.05) is 12.5 Å². The molecular weight excluding hydrogens is 472 g/mol. The minimum atomic E-state index is -0.578. The SMILES string of the molecule is C=CC(=O)Oc1ccc(OC(=O)C2C=CC(OC(=O)CCc3cc(C)c(O)c(C(C)(C)C)c3)=CC2)cc1. The second-order valence-corrected chi connectivity index (χ2v) is 9.86. The molecule has 0 saturated carbocycles. The average Bonchev–Trinajstić information content (AvgIpc) is 2.85. The molecule has 0 heterocycles. The third-order valence-corrected chi connectivity index (χ3v) is 5.81. The van der Waals surface area contributed by atoms with Crippen LogP contribution in [0.15, 0.2) is 73.0 Å². The maximum absolute atomic E-state index is 12.5. The smallest absolute Gasteiger partial charge is 0.335 e. The third kappa shape index (κ3) is 7.67. The first-order valence-corrected chi connectivity index (χ1v) is 12.0. The molecule has 1 aliphatic rings. The Bertz CT molecular complexity index is 1240. The standard InChI is InChI=1S/C30H32O7/c1-6-26(31)35-23-12-14-24(15-13-23)37-29(34)21-8-10-22(11-9-21)36-27(32)16-7-20-17-19(2)28(33)25(18-20)30(3,4)5/h6,8,10-15,17-18,21,33H,1,7,9,16H2,2-5H3. The third-order valence-electron chi connectivity index (χ3n) is 5.81. The van der Waals surface area contributed by atoms with Crippen LogP contribution in [-0.4, -0.2) is 23.0 Å². The Hall–Kier alpha value is -4.13. The van der Waals surface area contributed by atoms with Crippen LogP contribution in [0.5, 0.6) is 17.2 Å². The van der Waals surface area contributed by atoms with Crippen molar-refractivity contribution in [2.24, 2.45) is 5.92 Å². The Morgan fingerprint density at radius 1 is 1.05 bits per heavy atom. The molecule has 194 valence electrons. The number of benzene rings is 2. The Morgan fingerprint density at radius 3 is 2.27 bits per heavy atom. The molecule has 7 heteroatoms. The molecule has 1 N–H and O–H groups in total. The predicted molar refractivity (Wildman–Crippen MR) is 139 cm³/mol. The molecule has 0 aliphatic heterocycles. The summed E-state index contributed by atoms with van der Waals surface area (Å²) in [6.07, 6.45) is 6.98. The van der Waals surface area contributed by atoms with Crippen LogP contribution in [0.3, 0.4) is 0 Å². The van der Waals surface area contributed by atoms with Gasteiger partial charge in [-0.15, -0.1) is 0 Å². The predicted octanol–water partition coefficient (Wildman–Crippen LogP) is 5.63. The fraction of sp³-hybridized carbons (Fsp3) is 0.300. The summed E-state index contributed by atoms with van der Waals surface area (Å²) < 4.78 is 15.8. The first-order valence-electron chi connectivity index (χ1n) is 12.0. The molecule has 0 fully saturated rings. The highest BCUT2D eigenvalue weighted by atomic mass is 16.5. The van der Waals surface area contributed by atoms with Gasteiger partial charge in [0.2, 0.25) is 0 Å². The Balaban J connectivity index is 1.49. The number of hydrogen-bond acceptors (Lipinski definition) is 7. The molecule has 0 aromatic heterocycles. The number of hydrogen-bond donors (Lipinski definition) is 1. The molecule has 2 aromatic carbocycles. The van der Waals surface area contributed by atoms with E-state index in [1.165, 1.54) is 24.3 Å². The van der Waals surface area contributed by atoms with Gasteiger partial charge in [0.15, 0.2) is 0 Å². The van der Waals surface area contributed by atoms with Crippen LogP contribution in [0.1, 0.15) is 50.3 Å². The van der Waals surface area contributed by atoms with Crippen LogP contribution < -0.4 is 9.47 Å². The molecule has 0 amide bonds. The zero-order chi connectivity index (χ0) is 27.2. The highest BCUT2D eigenvalue weighted by Gasteiger charge is 2.22. The van der Waals surface area contributed by atoms with Crippen molar-refractivity contribution >= 4 is 17.9 Å². The summed E-state index contributed by atoms with van der Waals surface area (Å²) in [4.78, 5) is 36.1. The number of aromatic hydroxyl groups is 1. The number of rotatable bonds is 8. The number of aryl methyl sites for hydroxylation is 2. The van der Waals surface area contributed by atoms with E-state index in [2.05, 4.69) is 6.58 Å². The van der Waals surface area contributed by atoms with Gasteiger partial charge >= 0.3 is 17.9 Å². The average molecular weight is 505 g/mol. The summed E-state index contributed by atoms with van der Waals surface area (Å²) in [7, 11) is 0. The van der Waals surface area contributed by atoms with E-state index in [0.717, 1.165) is 22.8 Å². The fourth-order valence-corrected chi connectivity index (χ4v) is 3.78. The van der Waals surface area contributed by atoms with Gasteiger partial charge in [0.05, 0.1) is 5.92 Å². The Kier molecular flexibility index (Phi) is 8.71. The summed E-state index contributed by atoms with van der Waals surface area (Å²) in [5.74, 6) is -0.621. The molecule has 1 atom stereocenters. The largest absolute Gasteiger partial charge is 0.507 e. The van der Waals surface area contributed by atoms with Crippen molar-refractivity contribution in [2.45, 2.75) is 52.4 Å². The van der Waals surface area contributed by atoms with Gasteiger partial charge in [-0.3, -0.25) is 9.59 Å². The van der Waals surface area contributed by atoms with Gasteiger partial charge in [-0.25, -0.2) is 4.79 Å². The summed E-state index contributed by atoms with van der Waals surface area (Å²) in [6.45, 7) is 11.3. The molecule has 0 bridgehead atoms. The van der Waals surface area contributed by atoms with Crippen molar-refractivity contribution in [3.05, 3.63) is 89.7 Å². The minimum Gasteiger partial charge on any atom is -0.507 e. The number of carbonyl (C=O) groups excluding carboxylic acids is 3. The van der Waals surface area contributed by atoms with Gasteiger partial charge in [-0.2, -0.15) is 0 Å². The van der Waals surface area contributed by atoms with E-state index in [4.69, 9.17) is 14.2 Å². The van der Waals surface area contributed by atoms with Gasteiger partial charge < -0.3 is 19.3 Å². The first kappa shape index (κ1) is 27.5. The fourth-order valence-electron chi connectivity index (χ4n) is 3.78. The van der Waals surface area contributed by atoms with Crippen LogP contribution in [0.2, 0.25) is 0 Å². The lowest BCUT2D eigenvalue weighted by atomic mass is 9.83. The molecule has 0 radical (unpaired) electrons. The lowest BCUT2D eigenvalue weighted by Crippen LogP contribution is -2.20. The normalized spacial score (nSPS) is 14.9. The first-order chi connectivity index (χ1) is 17.5. The van der Waals surface area contributed by atoms with Crippen molar-refractivity contribution in [3.63, 3.8) is 0 Å². The van der Waals surface area contributed by atoms with Crippen molar-refractivity contribution in [1.82, 2.24) is 0 Å². The molecule has 1 unspecified atom stereocenters. The van der Waals surface area contributed by atoms with E-state index >= 15 is 0 Å². The zero-order valence-corrected chi connectivity index (χ0v) is 21.6. The second kappa shape index (κ2) is 11.7. The summed E-state index contributed by atoms with van der Waals surface area (Å²) in [6, 6.07) is 9.91. The molecule has 0 spiro atoms. The lowest BCUT2D eigenvalue weighted by Gasteiger charge is -2.22. The zero-order valence-electron chi connectivity index (χ0n) is 21.6. The van der Waals surface area contributed by atoms with E-state index in [1.807, 2.05) is 39.8 Å². The molecule has 1 aliphatic carbocycles. The van der Waals surface area contributed by atoms with Crippen LogP contribution in [0.4, 0.5) is 0 Å². The highest BCUT2D eigenvalue weighted by Crippen LogP contribution is 2.34. The van der Waals surface area contributed by atoms with E-state index in [9.17, 15) is 19.5 Å². The Labute approximate surface area is 217 Å². The molecule has 0 saturated heterocycles. The number of esters is 3. The minimum absolute atomic E-state index is 0.183. The molecular formula is C30H32O7.